The van der Waals surface area contributed by atoms with Crippen LogP contribution in [0.2, 0.25) is 0 Å². The van der Waals surface area contributed by atoms with Crippen LogP contribution in [0.1, 0.15) is 19.3 Å². The smallest absolute Gasteiger partial charge is 0.225 e. The summed E-state index contributed by atoms with van der Waals surface area (Å²) in [5.74, 6) is 0.347. The molecule has 1 rings (SSSR count). The normalized spacial score (nSPS) is 32.7. The number of nitrogens with one attached hydrogen (secondary N) is 1. The highest BCUT2D eigenvalue weighted by Gasteiger charge is 2.31. The van der Waals surface area contributed by atoms with Gasteiger partial charge in [0.1, 0.15) is 0 Å². The average Bonchev–Trinajstić information content (AvgIpc) is 2.16. The van der Waals surface area contributed by atoms with E-state index in [-0.39, 0.29) is 17.9 Å². The van der Waals surface area contributed by atoms with E-state index >= 15 is 0 Å². The molecule has 4 heteroatoms. The van der Waals surface area contributed by atoms with E-state index in [9.17, 15) is 4.79 Å². The van der Waals surface area contributed by atoms with E-state index in [4.69, 9.17) is 5.73 Å². The first-order valence-corrected chi connectivity index (χ1v) is 5.20. The van der Waals surface area contributed by atoms with Gasteiger partial charge in [0, 0.05) is 32.1 Å². The van der Waals surface area contributed by atoms with Crippen LogP contribution in [0.3, 0.4) is 0 Å². The van der Waals surface area contributed by atoms with Gasteiger partial charge >= 0.3 is 0 Å². The van der Waals surface area contributed by atoms with E-state index < -0.39 is 0 Å². The van der Waals surface area contributed by atoms with Crippen molar-refractivity contribution in [1.29, 1.82) is 0 Å². The molecule has 1 aliphatic rings. The molecule has 3 atom stereocenters. The second-order valence-corrected chi connectivity index (χ2v) is 4.30. The van der Waals surface area contributed by atoms with E-state index in [1.54, 1.807) is 19.0 Å². The molecule has 0 aromatic heterocycles. The first kappa shape index (κ1) is 11.5. The van der Waals surface area contributed by atoms with Crippen LogP contribution in [0.25, 0.3) is 0 Å². The van der Waals surface area contributed by atoms with Crippen molar-refractivity contribution in [2.45, 2.75) is 31.3 Å². The number of hydrogen-bond acceptors (Lipinski definition) is 3. The fourth-order valence-corrected chi connectivity index (χ4v) is 2.15. The fraction of sp³-hybridized carbons (Fsp3) is 0.900. The minimum atomic E-state index is 0.114. The molecular weight excluding hydrogens is 178 g/mol. The molecule has 0 bridgehead atoms. The van der Waals surface area contributed by atoms with E-state index in [2.05, 4.69) is 5.32 Å². The number of nitrogens with zero attached hydrogens (tertiary/aromatic N) is 1. The maximum atomic E-state index is 11.7. The summed E-state index contributed by atoms with van der Waals surface area (Å²) in [6.07, 6.45) is 2.76. The van der Waals surface area contributed by atoms with E-state index in [1.807, 2.05) is 7.05 Å². The Morgan fingerprint density at radius 1 is 1.43 bits per heavy atom. The van der Waals surface area contributed by atoms with E-state index in [0.717, 1.165) is 19.3 Å². The number of hydrogen-bond donors (Lipinski definition) is 2. The molecule has 82 valence electrons. The zero-order valence-electron chi connectivity index (χ0n) is 9.29. The van der Waals surface area contributed by atoms with Gasteiger partial charge < -0.3 is 16.0 Å². The van der Waals surface area contributed by atoms with Crippen molar-refractivity contribution in [1.82, 2.24) is 10.2 Å². The van der Waals surface area contributed by atoms with Gasteiger partial charge in [-0.3, -0.25) is 4.79 Å². The average molecular weight is 199 g/mol. The van der Waals surface area contributed by atoms with Crippen LogP contribution >= 0.6 is 0 Å². The molecule has 3 N–H and O–H groups in total. The highest BCUT2D eigenvalue weighted by atomic mass is 16.2. The summed E-state index contributed by atoms with van der Waals surface area (Å²) in [7, 11) is 5.54. The largest absolute Gasteiger partial charge is 0.349 e. The summed E-state index contributed by atoms with van der Waals surface area (Å²) in [6.45, 7) is 0. The molecule has 0 aliphatic heterocycles. The summed E-state index contributed by atoms with van der Waals surface area (Å²) >= 11 is 0. The van der Waals surface area contributed by atoms with Crippen molar-refractivity contribution in [2.75, 3.05) is 21.1 Å². The van der Waals surface area contributed by atoms with Gasteiger partial charge in [-0.15, -0.1) is 0 Å². The van der Waals surface area contributed by atoms with Crippen molar-refractivity contribution in [3.05, 3.63) is 0 Å². The van der Waals surface area contributed by atoms with Gasteiger partial charge in [-0.25, -0.2) is 0 Å². The van der Waals surface area contributed by atoms with Crippen LogP contribution in [-0.2, 0) is 4.79 Å². The molecule has 14 heavy (non-hydrogen) atoms. The Morgan fingerprint density at radius 3 is 2.50 bits per heavy atom. The highest BCUT2D eigenvalue weighted by molar-refractivity contribution is 5.78. The Balaban J connectivity index is 2.50. The zero-order valence-corrected chi connectivity index (χ0v) is 9.29. The van der Waals surface area contributed by atoms with Gasteiger partial charge in [-0.1, -0.05) is 0 Å². The first-order valence-electron chi connectivity index (χ1n) is 5.20. The molecular formula is C10H21N3O. The number of amides is 1. The molecule has 1 aliphatic carbocycles. The zero-order chi connectivity index (χ0) is 10.7. The summed E-state index contributed by atoms with van der Waals surface area (Å²) < 4.78 is 0. The van der Waals surface area contributed by atoms with Gasteiger partial charge in [0.25, 0.3) is 0 Å². The predicted octanol–water partition coefficient (Wildman–Crippen LogP) is -0.210. The Hall–Kier alpha value is -0.610. The van der Waals surface area contributed by atoms with Gasteiger partial charge in [0.15, 0.2) is 0 Å². The summed E-state index contributed by atoms with van der Waals surface area (Å²) in [4.78, 5) is 13.4. The Morgan fingerprint density at radius 2 is 2.07 bits per heavy atom. The lowest BCUT2D eigenvalue weighted by Crippen LogP contribution is -2.49. The van der Waals surface area contributed by atoms with Crippen LogP contribution in [-0.4, -0.2) is 44.0 Å². The van der Waals surface area contributed by atoms with Gasteiger partial charge in [0.2, 0.25) is 5.91 Å². The molecule has 1 saturated carbocycles. The van der Waals surface area contributed by atoms with E-state index in [1.165, 1.54) is 0 Å². The number of rotatable bonds is 2. The maximum absolute atomic E-state index is 11.7. The Bertz CT molecular complexity index is 206. The van der Waals surface area contributed by atoms with Crippen molar-refractivity contribution in [3.63, 3.8) is 0 Å². The molecule has 0 heterocycles. The van der Waals surface area contributed by atoms with Crippen LogP contribution in [0.5, 0.6) is 0 Å². The van der Waals surface area contributed by atoms with Gasteiger partial charge in [0.05, 0.1) is 0 Å². The van der Waals surface area contributed by atoms with E-state index in [0.29, 0.717) is 6.04 Å². The second kappa shape index (κ2) is 4.75. The van der Waals surface area contributed by atoms with Gasteiger partial charge in [-0.05, 0) is 26.3 Å². The third-order valence-electron chi connectivity index (χ3n) is 3.06. The molecule has 1 fully saturated rings. The Labute approximate surface area is 85.8 Å². The fourth-order valence-electron chi connectivity index (χ4n) is 2.15. The summed E-state index contributed by atoms with van der Waals surface area (Å²) in [5, 5.41) is 3.19. The van der Waals surface area contributed by atoms with Crippen molar-refractivity contribution in [3.8, 4) is 0 Å². The molecule has 1 amide bonds. The molecule has 0 unspecified atom stereocenters. The molecule has 0 radical (unpaired) electrons. The third-order valence-corrected chi connectivity index (χ3v) is 3.06. The maximum Gasteiger partial charge on any atom is 0.225 e. The lowest BCUT2D eigenvalue weighted by molar-refractivity contribution is -0.134. The number of likely N-dealkylation sites (N-methyl/N-ethyl adjacent to an activating group) is 1. The van der Waals surface area contributed by atoms with Crippen LogP contribution < -0.4 is 11.1 Å². The predicted molar refractivity (Wildman–Crippen MR) is 56.9 cm³/mol. The van der Waals surface area contributed by atoms with Crippen LogP contribution in [0.15, 0.2) is 0 Å². The minimum absolute atomic E-state index is 0.114. The quantitative estimate of drug-likeness (QED) is 0.647. The minimum Gasteiger partial charge on any atom is -0.349 e. The molecule has 0 saturated heterocycles. The molecule has 0 aromatic rings. The Kier molecular flexibility index (Phi) is 3.89. The standard InChI is InChI=1S/C10H21N3O/c1-12-9-5-4-7(6-8(9)11)10(14)13(2)3/h7-9,12H,4-6,11H2,1-3H3/t7-,8+,9-/m0/s1. The van der Waals surface area contributed by atoms with Crippen molar-refractivity contribution < 1.29 is 4.79 Å². The molecule has 0 aromatic carbocycles. The number of carbonyl (C=O) groups is 1. The lowest BCUT2D eigenvalue weighted by Gasteiger charge is -2.34. The van der Waals surface area contributed by atoms with Crippen LogP contribution in [0.4, 0.5) is 0 Å². The molecule has 0 spiro atoms. The monoisotopic (exact) mass is 199 g/mol. The molecule has 4 nitrogen and oxygen atoms in total. The highest BCUT2D eigenvalue weighted by Crippen LogP contribution is 2.24. The SMILES string of the molecule is CN[C@H]1CC[C@H](C(=O)N(C)C)C[C@H]1N. The number of carbonyl (C=O) groups excluding carboxylic acids is 1. The number of nitrogens with two attached hydrogens (primary N) is 1. The topological polar surface area (TPSA) is 58.4 Å². The summed E-state index contributed by atoms with van der Waals surface area (Å²) in [6, 6.07) is 0.490. The van der Waals surface area contributed by atoms with Gasteiger partial charge in [-0.2, -0.15) is 0 Å². The summed E-state index contributed by atoms with van der Waals surface area (Å²) in [5.41, 5.74) is 5.98. The van der Waals surface area contributed by atoms with Crippen LogP contribution in [0, 0.1) is 5.92 Å². The lowest BCUT2D eigenvalue weighted by atomic mass is 9.82. The third kappa shape index (κ3) is 2.45. The first-order chi connectivity index (χ1) is 6.56. The second-order valence-electron chi connectivity index (χ2n) is 4.30. The van der Waals surface area contributed by atoms with Crippen molar-refractivity contribution in [2.24, 2.45) is 11.7 Å². The van der Waals surface area contributed by atoms with Crippen molar-refractivity contribution >= 4 is 5.91 Å².